The fourth-order valence-corrected chi connectivity index (χ4v) is 5.40. The third-order valence-electron chi connectivity index (χ3n) is 7.51. The lowest BCUT2D eigenvalue weighted by molar-refractivity contribution is 0.211. The summed E-state index contributed by atoms with van der Waals surface area (Å²) in [7, 11) is 0. The Morgan fingerprint density at radius 1 is 0.829 bits per heavy atom. The van der Waals surface area contributed by atoms with E-state index < -0.39 is 0 Å². The SMILES string of the molecule is N#Cc1nccc(NC2CCN(Cc3ccc(-c4nc5ccc6ncoc6c5nc4-c4ccccc4)cc3)CC2)n1. The van der Waals surface area contributed by atoms with E-state index in [0.717, 1.165) is 66.0 Å². The van der Waals surface area contributed by atoms with Crippen molar-refractivity contribution in [1.82, 2.24) is 29.8 Å². The minimum atomic E-state index is 0.188. The zero-order valence-corrected chi connectivity index (χ0v) is 22.2. The Kier molecular flexibility index (Phi) is 6.51. The maximum absolute atomic E-state index is 9.04. The van der Waals surface area contributed by atoms with E-state index in [2.05, 4.69) is 61.6 Å². The first kappa shape index (κ1) is 24.8. The summed E-state index contributed by atoms with van der Waals surface area (Å²) in [5, 5.41) is 12.5. The van der Waals surface area contributed by atoms with Gasteiger partial charge in [-0.2, -0.15) is 5.26 Å². The molecule has 0 unspecified atom stereocenters. The van der Waals surface area contributed by atoms with E-state index in [1.54, 1.807) is 6.20 Å². The van der Waals surface area contributed by atoms with E-state index in [9.17, 15) is 0 Å². The molecule has 0 radical (unpaired) electrons. The van der Waals surface area contributed by atoms with E-state index in [1.165, 1.54) is 12.0 Å². The summed E-state index contributed by atoms with van der Waals surface area (Å²) in [5.41, 5.74) is 7.83. The molecule has 0 spiro atoms. The number of fused-ring (bicyclic) bond motifs is 3. The number of likely N-dealkylation sites (tertiary alicyclic amines) is 1. The predicted octanol–water partition coefficient (Wildman–Crippen LogP) is 5.84. The van der Waals surface area contributed by atoms with Gasteiger partial charge in [-0.05, 0) is 36.6 Å². The number of nitriles is 1. The summed E-state index contributed by atoms with van der Waals surface area (Å²) >= 11 is 0. The fraction of sp³-hybridized carbons (Fsp3) is 0.188. The first-order chi connectivity index (χ1) is 20.2. The average Bonchev–Trinajstić information content (AvgIpc) is 3.52. The molecule has 9 heteroatoms. The summed E-state index contributed by atoms with van der Waals surface area (Å²) < 4.78 is 5.66. The molecule has 6 aromatic rings. The van der Waals surface area contributed by atoms with Crippen LogP contribution >= 0.6 is 0 Å². The zero-order valence-electron chi connectivity index (χ0n) is 22.2. The van der Waals surface area contributed by atoms with Gasteiger partial charge in [-0.3, -0.25) is 4.90 Å². The number of benzene rings is 3. The molecule has 0 bridgehead atoms. The van der Waals surface area contributed by atoms with Crippen LogP contribution in [0.2, 0.25) is 0 Å². The van der Waals surface area contributed by atoms with Gasteiger partial charge in [0.05, 0.1) is 16.9 Å². The zero-order chi connectivity index (χ0) is 27.6. The number of hydrogen-bond donors (Lipinski definition) is 1. The van der Waals surface area contributed by atoms with Crippen LogP contribution in [0.25, 0.3) is 44.6 Å². The summed E-state index contributed by atoms with van der Waals surface area (Å²) in [6, 6.07) is 26.8. The summed E-state index contributed by atoms with van der Waals surface area (Å²) in [4.78, 5) is 25.0. The van der Waals surface area contributed by atoms with Crippen molar-refractivity contribution in [3.63, 3.8) is 0 Å². The number of anilines is 1. The normalized spacial score (nSPS) is 14.3. The lowest BCUT2D eigenvalue weighted by Gasteiger charge is -2.32. The lowest BCUT2D eigenvalue weighted by Crippen LogP contribution is -2.38. The number of hydrogen-bond acceptors (Lipinski definition) is 9. The second-order valence-corrected chi connectivity index (χ2v) is 10.2. The molecule has 0 amide bonds. The Balaban J connectivity index is 1.09. The monoisotopic (exact) mass is 538 g/mol. The van der Waals surface area contributed by atoms with Crippen molar-refractivity contribution in [2.75, 3.05) is 18.4 Å². The third kappa shape index (κ3) is 5.09. The Bertz CT molecular complexity index is 1870. The highest BCUT2D eigenvalue weighted by atomic mass is 16.3. The molecule has 3 aromatic carbocycles. The molecule has 0 aliphatic carbocycles. The lowest BCUT2D eigenvalue weighted by atomic mass is 10.0. The van der Waals surface area contributed by atoms with Crippen LogP contribution < -0.4 is 5.32 Å². The number of rotatable bonds is 6. The molecule has 1 aliphatic rings. The molecule has 200 valence electrons. The van der Waals surface area contributed by atoms with Crippen LogP contribution in [0.15, 0.2) is 89.8 Å². The highest BCUT2D eigenvalue weighted by Crippen LogP contribution is 2.33. The third-order valence-corrected chi connectivity index (χ3v) is 7.51. The predicted molar refractivity (Wildman–Crippen MR) is 157 cm³/mol. The highest BCUT2D eigenvalue weighted by molar-refractivity contribution is 6.00. The largest absolute Gasteiger partial charge is 0.441 e. The average molecular weight is 539 g/mol. The Morgan fingerprint density at radius 2 is 1.59 bits per heavy atom. The van der Waals surface area contributed by atoms with Crippen LogP contribution in [0.4, 0.5) is 5.82 Å². The summed E-state index contributed by atoms with van der Waals surface area (Å²) in [6.45, 7) is 2.86. The van der Waals surface area contributed by atoms with Crippen molar-refractivity contribution in [1.29, 1.82) is 5.26 Å². The van der Waals surface area contributed by atoms with Crippen LogP contribution in [0.3, 0.4) is 0 Å². The highest BCUT2D eigenvalue weighted by Gasteiger charge is 2.20. The van der Waals surface area contributed by atoms with Gasteiger partial charge in [-0.1, -0.05) is 54.6 Å². The standard InChI is InChI=1S/C32H26N8O/c33-18-28-34-15-12-27(38-28)36-24-13-16-40(17-14-24)19-21-6-8-23(9-7-21)29-30(22-4-2-1-3-5-22)39-31-25(37-29)10-11-26-32(31)41-20-35-26/h1-12,15,20,24H,13-14,16-17,19H2,(H,34,36,38). The molecular formula is C32H26N8O. The first-order valence-electron chi connectivity index (χ1n) is 13.6. The molecular weight excluding hydrogens is 512 g/mol. The van der Waals surface area contributed by atoms with Crippen LogP contribution in [0.1, 0.15) is 24.2 Å². The van der Waals surface area contributed by atoms with E-state index in [-0.39, 0.29) is 5.82 Å². The van der Waals surface area contributed by atoms with Gasteiger partial charge in [-0.15, -0.1) is 0 Å². The number of nitrogens with zero attached hydrogens (tertiary/aromatic N) is 7. The maximum Gasteiger partial charge on any atom is 0.234 e. The van der Waals surface area contributed by atoms with Gasteiger partial charge < -0.3 is 9.73 Å². The first-order valence-corrected chi connectivity index (χ1v) is 13.6. The van der Waals surface area contributed by atoms with Crippen LogP contribution in [0, 0.1) is 11.3 Å². The quantitative estimate of drug-likeness (QED) is 0.279. The van der Waals surface area contributed by atoms with E-state index in [0.29, 0.717) is 23.0 Å². The second-order valence-electron chi connectivity index (χ2n) is 10.2. The van der Waals surface area contributed by atoms with Crippen molar-refractivity contribution in [3.05, 3.63) is 96.8 Å². The molecule has 9 nitrogen and oxygen atoms in total. The van der Waals surface area contributed by atoms with Gasteiger partial charge in [0, 0.05) is 43.0 Å². The van der Waals surface area contributed by atoms with E-state index in [1.807, 2.05) is 42.5 Å². The molecule has 41 heavy (non-hydrogen) atoms. The van der Waals surface area contributed by atoms with Crippen LogP contribution in [0.5, 0.6) is 0 Å². The molecule has 1 aliphatic heterocycles. The van der Waals surface area contributed by atoms with Crippen LogP contribution in [-0.4, -0.2) is 49.0 Å². The smallest absolute Gasteiger partial charge is 0.234 e. The van der Waals surface area contributed by atoms with Crippen molar-refractivity contribution >= 4 is 28.0 Å². The number of oxazole rings is 1. The maximum atomic E-state index is 9.04. The summed E-state index contributed by atoms with van der Waals surface area (Å²) in [5.74, 6) is 0.899. The van der Waals surface area contributed by atoms with E-state index >= 15 is 0 Å². The minimum absolute atomic E-state index is 0.188. The molecule has 4 heterocycles. The molecule has 1 saturated heterocycles. The van der Waals surface area contributed by atoms with E-state index in [4.69, 9.17) is 19.6 Å². The van der Waals surface area contributed by atoms with Gasteiger partial charge in [-0.25, -0.2) is 24.9 Å². The second kappa shape index (κ2) is 10.8. The molecule has 3 aromatic heterocycles. The molecule has 0 atom stereocenters. The van der Waals surface area contributed by atoms with Crippen molar-refractivity contribution in [2.24, 2.45) is 0 Å². The Hall–Kier alpha value is -5.20. The van der Waals surface area contributed by atoms with Gasteiger partial charge in [0.15, 0.2) is 12.0 Å². The minimum Gasteiger partial charge on any atom is -0.441 e. The van der Waals surface area contributed by atoms with Gasteiger partial charge in [0.25, 0.3) is 0 Å². The molecule has 1 fully saturated rings. The van der Waals surface area contributed by atoms with Crippen LogP contribution in [-0.2, 0) is 6.54 Å². The summed E-state index contributed by atoms with van der Waals surface area (Å²) in [6.07, 6.45) is 5.09. The van der Waals surface area contributed by atoms with Gasteiger partial charge in [0.1, 0.15) is 22.9 Å². The molecule has 0 saturated carbocycles. The topological polar surface area (TPSA) is 117 Å². The van der Waals surface area contributed by atoms with Crippen molar-refractivity contribution in [3.8, 4) is 28.6 Å². The van der Waals surface area contributed by atoms with Gasteiger partial charge in [0.2, 0.25) is 5.82 Å². The number of piperidine rings is 1. The Morgan fingerprint density at radius 3 is 2.39 bits per heavy atom. The Labute approximate surface area is 236 Å². The number of nitrogens with one attached hydrogen (secondary N) is 1. The molecule has 7 rings (SSSR count). The fourth-order valence-electron chi connectivity index (χ4n) is 5.40. The molecule has 1 N–H and O–H groups in total. The van der Waals surface area contributed by atoms with Crippen molar-refractivity contribution in [2.45, 2.75) is 25.4 Å². The van der Waals surface area contributed by atoms with Gasteiger partial charge >= 0.3 is 0 Å². The van der Waals surface area contributed by atoms with Crippen molar-refractivity contribution < 1.29 is 4.42 Å². The number of aromatic nitrogens is 5.